The smallest absolute Gasteiger partial charge is 0.272 e. The lowest BCUT2D eigenvalue weighted by atomic mass is 10.1. The molecule has 0 bridgehead atoms. The van der Waals surface area contributed by atoms with Crippen LogP contribution in [0.2, 0.25) is 0 Å². The van der Waals surface area contributed by atoms with Crippen LogP contribution in [0.25, 0.3) is 0 Å². The van der Waals surface area contributed by atoms with Crippen LogP contribution in [0.4, 0.5) is 30.7 Å². The van der Waals surface area contributed by atoms with E-state index in [4.69, 9.17) is 0 Å². The molecule has 0 spiro atoms. The minimum atomic E-state index is -5.26. The van der Waals surface area contributed by atoms with Crippen molar-refractivity contribution in [1.82, 2.24) is 0 Å². The average molecular weight is 435 g/mol. The van der Waals surface area contributed by atoms with Gasteiger partial charge in [-0.3, -0.25) is 0 Å². The van der Waals surface area contributed by atoms with E-state index in [1.54, 1.807) is 0 Å². The number of quaternary nitrogens is 1. The molecule has 12 heteroatoms. The van der Waals surface area contributed by atoms with Gasteiger partial charge in [-0.2, -0.15) is 0 Å². The van der Waals surface area contributed by atoms with Gasteiger partial charge in [-0.05, 0) is 27.7 Å². The molecule has 0 fully saturated rings. The van der Waals surface area contributed by atoms with E-state index in [9.17, 15) is 43.7 Å². The maximum atomic E-state index is 12.8. The van der Waals surface area contributed by atoms with Crippen LogP contribution in [0.15, 0.2) is 0 Å². The topological polar surface area (TPSA) is 57.2 Å². The zero-order valence-corrected chi connectivity index (χ0v) is 16.5. The monoisotopic (exact) mass is 435 g/mol. The zero-order chi connectivity index (χ0) is 22.0. The Morgan fingerprint density at radius 2 is 1.04 bits per heavy atom. The van der Waals surface area contributed by atoms with Crippen LogP contribution in [-0.2, 0) is 10.1 Å². The molecule has 0 aromatic heterocycles. The SMILES string of the molecule is CC[N+](CC)(CC)CC.O=S(=O)([O-])CC(F)C(F)C(F)C(F)C(F)C(F)F. The molecule has 0 radical (unpaired) electrons. The molecule has 0 aliphatic carbocycles. The van der Waals surface area contributed by atoms with Crippen LogP contribution in [-0.4, -0.2) is 86.7 Å². The Bertz CT molecular complexity index is 474. The van der Waals surface area contributed by atoms with Crippen molar-refractivity contribution in [2.45, 2.75) is 65.0 Å². The van der Waals surface area contributed by atoms with E-state index in [1.165, 1.54) is 30.7 Å². The molecule has 0 aromatic carbocycles. The van der Waals surface area contributed by atoms with Gasteiger partial charge in [-0.15, -0.1) is 0 Å². The predicted molar refractivity (Wildman–Crippen MR) is 87.5 cm³/mol. The number of halogens is 7. The predicted octanol–water partition coefficient (Wildman–Crippen LogP) is 3.37. The largest absolute Gasteiger partial charge is 0.748 e. The molecule has 0 amide bonds. The first-order chi connectivity index (χ1) is 12.2. The van der Waals surface area contributed by atoms with Gasteiger partial charge in [0, 0.05) is 0 Å². The Morgan fingerprint density at radius 1 is 0.704 bits per heavy atom. The molecule has 0 heterocycles. The highest BCUT2D eigenvalue weighted by molar-refractivity contribution is 7.85. The lowest BCUT2D eigenvalue weighted by molar-refractivity contribution is -0.921. The quantitative estimate of drug-likeness (QED) is 0.284. The van der Waals surface area contributed by atoms with Crippen LogP contribution >= 0.6 is 0 Å². The van der Waals surface area contributed by atoms with Crippen molar-refractivity contribution in [3.63, 3.8) is 0 Å². The molecule has 5 atom stereocenters. The summed E-state index contributed by atoms with van der Waals surface area (Å²) >= 11 is 0. The Morgan fingerprint density at radius 3 is 1.26 bits per heavy atom. The van der Waals surface area contributed by atoms with Crippen molar-refractivity contribution in [3.8, 4) is 0 Å². The number of hydrogen-bond donors (Lipinski definition) is 0. The lowest BCUT2D eigenvalue weighted by Crippen LogP contribution is -2.47. The van der Waals surface area contributed by atoms with Crippen LogP contribution in [0.1, 0.15) is 27.7 Å². The first kappa shape index (κ1) is 28.6. The summed E-state index contributed by atoms with van der Waals surface area (Å²) in [5, 5.41) is 0. The van der Waals surface area contributed by atoms with E-state index in [0.29, 0.717) is 0 Å². The standard InChI is InChI=1S/C8H20N.C7H9F7O3S/c1-5-9(6-2,7-3)8-4;8-2(1-18(15,16)17)3(9)4(10)5(11)6(12)7(13)14/h5-8H2,1-4H3;2-7H,1H2,(H,15,16,17)/q+1;/p-1. The van der Waals surface area contributed by atoms with Gasteiger partial charge in [0.25, 0.3) is 6.43 Å². The average Bonchev–Trinajstić information content (AvgIpc) is 2.60. The Hall–Kier alpha value is -0.620. The molecule has 0 rings (SSSR count). The highest BCUT2D eigenvalue weighted by atomic mass is 32.2. The third-order valence-corrected chi connectivity index (χ3v) is 5.27. The summed E-state index contributed by atoms with van der Waals surface area (Å²) in [5.41, 5.74) is 0. The van der Waals surface area contributed by atoms with Gasteiger partial charge < -0.3 is 9.04 Å². The van der Waals surface area contributed by atoms with E-state index in [0.717, 1.165) is 0 Å². The molecule has 5 unspecified atom stereocenters. The lowest BCUT2D eigenvalue weighted by Gasteiger charge is -2.34. The summed E-state index contributed by atoms with van der Waals surface area (Å²) < 4.78 is 118. The molecule has 4 nitrogen and oxygen atoms in total. The van der Waals surface area contributed by atoms with E-state index < -0.39 is 53.2 Å². The van der Waals surface area contributed by atoms with Gasteiger partial charge in [0.2, 0.25) is 0 Å². The van der Waals surface area contributed by atoms with Crippen LogP contribution in [0.3, 0.4) is 0 Å². The number of rotatable bonds is 11. The summed E-state index contributed by atoms with van der Waals surface area (Å²) in [6.45, 7) is 14.2. The second-order valence-electron chi connectivity index (χ2n) is 5.96. The molecule has 0 aliphatic heterocycles. The van der Waals surface area contributed by atoms with E-state index in [2.05, 4.69) is 27.7 Å². The summed E-state index contributed by atoms with van der Waals surface area (Å²) in [6.07, 6.45) is -21.8. The molecular formula is C15H28F7NO3S. The molecule has 0 N–H and O–H groups in total. The van der Waals surface area contributed by atoms with Crippen LogP contribution < -0.4 is 0 Å². The first-order valence-corrected chi connectivity index (χ1v) is 10.1. The molecule has 0 saturated heterocycles. The summed E-state index contributed by atoms with van der Waals surface area (Å²) in [4.78, 5) is 0. The third kappa shape index (κ3) is 10.5. The van der Waals surface area contributed by atoms with Crippen molar-refractivity contribution >= 4 is 10.1 Å². The minimum Gasteiger partial charge on any atom is -0.748 e. The number of alkyl halides is 7. The van der Waals surface area contributed by atoms with E-state index in [1.807, 2.05) is 0 Å². The van der Waals surface area contributed by atoms with Gasteiger partial charge in [-0.1, -0.05) is 0 Å². The summed E-state index contributed by atoms with van der Waals surface area (Å²) in [5.74, 6) is -2.01. The number of nitrogens with zero attached hydrogens (tertiary/aromatic N) is 1. The van der Waals surface area contributed by atoms with Gasteiger partial charge in [0.15, 0.2) is 24.7 Å². The highest BCUT2D eigenvalue weighted by Gasteiger charge is 2.43. The molecular weight excluding hydrogens is 407 g/mol. The molecule has 166 valence electrons. The minimum absolute atomic E-state index is 1.28. The van der Waals surface area contributed by atoms with Crippen molar-refractivity contribution in [2.75, 3.05) is 31.9 Å². The Kier molecular flexibility index (Phi) is 13.5. The maximum absolute atomic E-state index is 12.8. The van der Waals surface area contributed by atoms with Crippen molar-refractivity contribution < 1.29 is 48.2 Å². The fraction of sp³-hybridized carbons (Fsp3) is 1.00. The zero-order valence-electron chi connectivity index (χ0n) is 15.7. The fourth-order valence-electron chi connectivity index (χ4n) is 2.32. The molecule has 0 aromatic rings. The van der Waals surface area contributed by atoms with Gasteiger partial charge >= 0.3 is 0 Å². The Labute approximate surface area is 156 Å². The van der Waals surface area contributed by atoms with Crippen LogP contribution in [0, 0.1) is 0 Å². The van der Waals surface area contributed by atoms with Gasteiger partial charge in [0.1, 0.15) is 6.17 Å². The molecule has 0 aliphatic rings. The fourth-order valence-corrected chi connectivity index (χ4v) is 2.89. The van der Waals surface area contributed by atoms with Crippen molar-refractivity contribution in [3.05, 3.63) is 0 Å². The van der Waals surface area contributed by atoms with Gasteiger partial charge in [-0.25, -0.2) is 39.2 Å². The summed E-state index contributed by atoms with van der Waals surface area (Å²) in [7, 11) is -5.26. The van der Waals surface area contributed by atoms with Gasteiger partial charge in [0.05, 0.1) is 42.1 Å². The highest BCUT2D eigenvalue weighted by Crippen LogP contribution is 2.24. The van der Waals surface area contributed by atoms with E-state index in [-0.39, 0.29) is 0 Å². The first-order valence-electron chi connectivity index (χ1n) is 8.48. The maximum Gasteiger partial charge on any atom is 0.272 e. The molecule has 0 saturated carbocycles. The molecule has 27 heavy (non-hydrogen) atoms. The van der Waals surface area contributed by atoms with Crippen molar-refractivity contribution in [2.24, 2.45) is 0 Å². The van der Waals surface area contributed by atoms with Crippen LogP contribution in [0.5, 0.6) is 0 Å². The second-order valence-corrected chi connectivity index (χ2v) is 7.41. The summed E-state index contributed by atoms with van der Waals surface area (Å²) in [6, 6.07) is 0. The normalized spacial score (nSPS) is 18.3. The van der Waals surface area contributed by atoms with E-state index >= 15 is 0 Å². The number of hydrogen-bond acceptors (Lipinski definition) is 3. The Balaban J connectivity index is 0. The second kappa shape index (κ2) is 12.8. The third-order valence-electron chi connectivity index (χ3n) is 4.55. The van der Waals surface area contributed by atoms with Crippen molar-refractivity contribution in [1.29, 1.82) is 0 Å².